The summed E-state index contributed by atoms with van der Waals surface area (Å²) in [5, 5.41) is 1.21. The molecule has 5 rings (SSSR count). The topological polar surface area (TPSA) is 92.3 Å². The number of benzene rings is 2. The molecule has 1 unspecified atom stereocenters. The summed E-state index contributed by atoms with van der Waals surface area (Å²) in [5.41, 5.74) is 2.16. The molecule has 0 radical (unpaired) electrons. The van der Waals surface area contributed by atoms with Gasteiger partial charge in [-0.25, -0.2) is 13.4 Å². The van der Waals surface area contributed by atoms with Gasteiger partial charge in [0.15, 0.2) is 5.13 Å². The fraction of sp³-hybridized carbons (Fsp3) is 0.481. The number of anilines is 1. The number of carbonyl (C=O) groups is 1. The fourth-order valence-corrected chi connectivity index (χ4v) is 7.53. The minimum absolute atomic E-state index is 0. The first-order valence-corrected chi connectivity index (χ1v) is 15.7. The van der Waals surface area contributed by atoms with Crippen LogP contribution in [0.1, 0.15) is 28.8 Å². The molecule has 0 N–H and O–H groups in total. The van der Waals surface area contributed by atoms with Crippen molar-refractivity contribution >= 4 is 66.6 Å². The molecule has 0 spiro atoms. The summed E-state index contributed by atoms with van der Waals surface area (Å²) in [6.07, 6.45) is 1.71. The summed E-state index contributed by atoms with van der Waals surface area (Å²) in [7, 11) is -2.14. The molecule has 40 heavy (non-hydrogen) atoms. The van der Waals surface area contributed by atoms with Gasteiger partial charge in [0, 0.05) is 57.0 Å². The van der Waals surface area contributed by atoms with Crippen molar-refractivity contribution in [2.75, 3.05) is 64.5 Å². The normalized spacial score (nSPS) is 18.2. The van der Waals surface area contributed by atoms with E-state index in [1.807, 2.05) is 19.1 Å². The lowest BCUT2D eigenvalue weighted by Crippen LogP contribution is -2.43. The highest BCUT2D eigenvalue weighted by Gasteiger charge is 2.28. The van der Waals surface area contributed by atoms with Crippen molar-refractivity contribution in [2.24, 2.45) is 0 Å². The van der Waals surface area contributed by atoms with E-state index >= 15 is 0 Å². The molecule has 2 aliphatic heterocycles. The van der Waals surface area contributed by atoms with Gasteiger partial charge in [-0.15, -0.1) is 12.4 Å². The van der Waals surface area contributed by atoms with Crippen LogP contribution < -0.4 is 4.90 Å². The minimum Gasteiger partial charge on any atom is -0.379 e. The first-order chi connectivity index (χ1) is 18.7. The maximum absolute atomic E-state index is 13.8. The van der Waals surface area contributed by atoms with Crippen molar-refractivity contribution in [3.8, 4) is 0 Å². The highest BCUT2D eigenvalue weighted by molar-refractivity contribution is 7.89. The van der Waals surface area contributed by atoms with Crippen LogP contribution in [0.15, 0.2) is 41.3 Å². The van der Waals surface area contributed by atoms with Gasteiger partial charge >= 0.3 is 0 Å². The van der Waals surface area contributed by atoms with Crippen LogP contribution >= 0.6 is 35.3 Å². The molecule has 0 saturated carbocycles. The number of rotatable bonds is 9. The molecule has 3 aromatic rings. The summed E-state index contributed by atoms with van der Waals surface area (Å²) in [4.78, 5) is 22.7. The van der Waals surface area contributed by atoms with E-state index in [9.17, 15) is 13.2 Å². The van der Waals surface area contributed by atoms with Crippen LogP contribution in [0.25, 0.3) is 10.2 Å². The number of morpholine rings is 1. The number of fused-ring (bicyclic) bond motifs is 1. The van der Waals surface area contributed by atoms with E-state index in [4.69, 9.17) is 26.1 Å². The van der Waals surface area contributed by atoms with Gasteiger partial charge in [0.05, 0.1) is 34.4 Å². The number of nitrogens with zero attached hydrogens (tertiary/aromatic N) is 4. The monoisotopic (exact) mass is 628 g/mol. The van der Waals surface area contributed by atoms with Gasteiger partial charge in [-0.2, -0.15) is 4.31 Å². The zero-order chi connectivity index (χ0) is 27.6. The molecule has 3 heterocycles. The number of amides is 1. The number of sulfonamides is 1. The van der Waals surface area contributed by atoms with E-state index in [1.165, 1.54) is 27.8 Å². The van der Waals surface area contributed by atoms with Crippen LogP contribution in [0.4, 0.5) is 5.13 Å². The van der Waals surface area contributed by atoms with Crippen molar-refractivity contribution in [3.05, 3.63) is 52.5 Å². The van der Waals surface area contributed by atoms with Gasteiger partial charge in [0.2, 0.25) is 10.0 Å². The second kappa shape index (κ2) is 13.4. The second-order valence-corrected chi connectivity index (χ2v) is 13.4. The molecule has 9 nitrogen and oxygen atoms in total. The Morgan fingerprint density at radius 2 is 1.90 bits per heavy atom. The number of hydrogen-bond donors (Lipinski definition) is 0. The van der Waals surface area contributed by atoms with E-state index < -0.39 is 10.0 Å². The number of aromatic nitrogens is 1. The smallest absolute Gasteiger partial charge is 0.260 e. The van der Waals surface area contributed by atoms with Crippen molar-refractivity contribution in [1.29, 1.82) is 0 Å². The van der Waals surface area contributed by atoms with E-state index in [-0.39, 0.29) is 29.3 Å². The average Bonchev–Trinajstić information content (AvgIpc) is 3.59. The Bertz CT molecular complexity index is 1420. The first kappa shape index (κ1) is 31.1. The number of hydrogen-bond acceptors (Lipinski definition) is 8. The van der Waals surface area contributed by atoms with Crippen LogP contribution in [0.2, 0.25) is 5.02 Å². The lowest BCUT2D eigenvalue weighted by molar-refractivity contribution is 0.0391. The Hall–Kier alpha value is -1.83. The van der Waals surface area contributed by atoms with Gasteiger partial charge in [0.25, 0.3) is 5.91 Å². The number of ether oxygens (including phenoxy) is 2. The molecular weight excluding hydrogens is 595 g/mol. The molecule has 2 aromatic carbocycles. The molecule has 2 saturated heterocycles. The second-order valence-electron chi connectivity index (χ2n) is 9.92. The molecule has 1 aromatic heterocycles. The third-order valence-corrected chi connectivity index (χ3v) is 10.2. The van der Waals surface area contributed by atoms with Crippen LogP contribution in [0, 0.1) is 6.92 Å². The van der Waals surface area contributed by atoms with E-state index in [1.54, 1.807) is 24.1 Å². The van der Waals surface area contributed by atoms with Gasteiger partial charge in [-0.1, -0.05) is 22.9 Å². The number of halogens is 2. The van der Waals surface area contributed by atoms with Crippen molar-refractivity contribution in [1.82, 2.24) is 14.2 Å². The lowest BCUT2D eigenvalue weighted by Gasteiger charge is -2.29. The molecule has 2 aliphatic rings. The van der Waals surface area contributed by atoms with E-state index in [0.717, 1.165) is 41.7 Å². The van der Waals surface area contributed by atoms with Crippen molar-refractivity contribution in [2.45, 2.75) is 30.8 Å². The van der Waals surface area contributed by atoms with Crippen LogP contribution in [-0.4, -0.2) is 94.2 Å². The average molecular weight is 630 g/mol. The standard InChI is InChI=1S/C27H33ClN4O5S2.ClH/c1-19-16-21(28)17-24-25(19)29-27(38-24)32(10-9-31-11-14-36-15-12-31)26(33)20-5-7-23(8-6-20)39(34,35)30(2)18-22-4-3-13-37-22;/h5-8,16-17,22H,3-4,9-15,18H2,1-2H3;1H. The summed E-state index contributed by atoms with van der Waals surface area (Å²) < 4.78 is 39.6. The van der Waals surface area contributed by atoms with Gasteiger partial charge in [-0.05, 0) is 61.7 Å². The summed E-state index contributed by atoms with van der Waals surface area (Å²) >= 11 is 7.70. The van der Waals surface area contributed by atoms with Gasteiger partial charge in [-0.3, -0.25) is 14.6 Å². The molecule has 0 bridgehead atoms. The highest BCUT2D eigenvalue weighted by atomic mass is 35.5. The summed E-state index contributed by atoms with van der Waals surface area (Å²) in [6, 6.07) is 9.87. The summed E-state index contributed by atoms with van der Waals surface area (Å²) in [6.45, 7) is 6.99. The Morgan fingerprint density at radius 3 is 2.58 bits per heavy atom. The van der Waals surface area contributed by atoms with E-state index in [2.05, 4.69) is 4.90 Å². The zero-order valence-corrected chi connectivity index (χ0v) is 25.8. The maximum Gasteiger partial charge on any atom is 0.260 e. The maximum atomic E-state index is 13.8. The number of carbonyl (C=O) groups excluding carboxylic acids is 1. The molecule has 2 fully saturated rings. The SMILES string of the molecule is Cc1cc(Cl)cc2sc(N(CCN3CCOCC3)C(=O)c3ccc(S(=O)(=O)N(C)CC4CCCO4)cc3)nc12.Cl. The number of aryl methyl sites for hydroxylation is 1. The van der Waals surface area contributed by atoms with Crippen molar-refractivity contribution < 1.29 is 22.7 Å². The minimum atomic E-state index is -3.71. The zero-order valence-electron chi connectivity index (χ0n) is 22.5. The highest BCUT2D eigenvalue weighted by Crippen LogP contribution is 2.34. The molecule has 1 atom stereocenters. The van der Waals surface area contributed by atoms with Crippen LogP contribution in [-0.2, 0) is 19.5 Å². The van der Waals surface area contributed by atoms with Crippen LogP contribution in [0.5, 0.6) is 0 Å². The third-order valence-electron chi connectivity index (χ3n) is 7.15. The third kappa shape index (κ3) is 6.96. The van der Waals surface area contributed by atoms with Gasteiger partial charge < -0.3 is 9.47 Å². The Morgan fingerprint density at radius 1 is 1.18 bits per heavy atom. The molecule has 218 valence electrons. The van der Waals surface area contributed by atoms with E-state index in [0.29, 0.717) is 55.2 Å². The predicted octanol–water partition coefficient (Wildman–Crippen LogP) is 4.46. The van der Waals surface area contributed by atoms with Gasteiger partial charge in [0.1, 0.15) is 0 Å². The molecule has 13 heteroatoms. The number of thiazole rings is 1. The molecular formula is C27H34Cl2N4O5S2. The largest absolute Gasteiger partial charge is 0.379 e. The molecule has 1 amide bonds. The molecule has 0 aliphatic carbocycles. The Labute approximate surface area is 250 Å². The lowest BCUT2D eigenvalue weighted by atomic mass is 10.2. The Balaban J connectivity index is 0.00000370. The first-order valence-electron chi connectivity index (χ1n) is 13.1. The fourth-order valence-electron chi connectivity index (χ4n) is 4.89. The van der Waals surface area contributed by atoms with Crippen molar-refractivity contribution in [3.63, 3.8) is 0 Å². The van der Waals surface area contributed by atoms with Crippen LogP contribution in [0.3, 0.4) is 0 Å². The quantitative estimate of drug-likeness (QED) is 0.345. The predicted molar refractivity (Wildman–Crippen MR) is 161 cm³/mol. The number of likely N-dealkylation sites (N-methyl/N-ethyl adjacent to an activating group) is 1. The Kier molecular flexibility index (Phi) is 10.4. The summed E-state index contributed by atoms with van der Waals surface area (Å²) in [5.74, 6) is -0.234.